The zero-order valence-corrected chi connectivity index (χ0v) is 10.1. The zero-order chi connectivity index (χ0) is 13.5. The van der Waals surface area contributed by atoms with E-state index in [1.54, 1.807) is 0 Å². The highest BCUT2D eigenvalue weighted by molar-refractivity contribution is 5.95. The van der Waals surface area contributed by atoms with Crippen molar-refractivity contribution in [3.63, 3.8) is 0 Å². The van der Waals surface area contributed by atoms with Gasteiger partial charge in [0.2, 0.25) is 5.91 Å². The van der Waals surface area contributed by atoms with E-state index in [0.717, 1.165) is 6.07 Å². The fraction of sp³-hybridized carbons (Fsp3) is 0.333. The van der Waals surface area contributed by atoms with Crippen molar-refractivity contribution < 1.29 is 19.8 Å². The minimum absolute atomic E-state index is 0.142. The molecule has 6 nitrogen and oxygen atoms in total. The summed E-state index contributed by atoms with van der Waals surface area (Å²) in [5.74, 6) is -0.977. The normalized spacial score (nSPS) is 9.83. The number of hydrogen-bond donors (Lipinski definition) is 4. The molecule has 98 valence electrons. The number of aromatic hydroxyl groups is 2. The Hall–Kier alpha value is -2.24. The van der Waals surface area contributed by atoms with Crippen LogP contribution in [0, 0.1) is 0 Å². The summed E-state index contributed by atoms with van der Waals surface area (Å²) < 4.78 is 0. The second-order valence-electron chi connectivity index (χ2n) is 3.70. The van der Waals surface area contributed by atoms with Gasteiger partial charge < -0.3 is 20.8 Å². The number of carbonyl (C=O) groups is 2. The summed E-state index contributed by atoms with van der Waals surface area (Å²) in [5, 5.41) is 23.6. The van der Waals surface area contributed by atoms with E-state index in [0.29, 0.717) is 6.54 Å². The van der Waals surface area contributed by atoms with Crippen LogP contribution in [-0.4, -0.2) is 35.1 Å². The van der Waals surface area contributed by atoms with Gasteiger partial charge in [0.25, 0.3) is 5.91 Å². The molecule has 0 spiro atoms. The Balaban J connectivity index is 2.48. The fourth-order valence-corrected chi connectivity index (χ4v) is 1.40. The fourth-order valence-electron chi connectivity index (χ4n) is 1.40. The number of carbonyl (C=O) groups excluding carboxylic acids is 2. The molecule has 4 N–H and O–H groups in total. The summed E-state index contributed by atoms with van der Waals surface area (Å²) in [7, 11) is 0. The maximum Gasteiger partial charge on any atom is 0.251 e. The first kappa shape index (κ1) is 13.8. The van der Waals surface area contributed by atoms with Gasteiger partial charge in [0, 0.05) is 31.1 Å². The van der Waals surface area contributed by atoms with Crippen LogP contribution >= 0.6 is 0 Å². The van der Waals surface area contributed by atoms with Crippen molar-refractivity contribution in [3.05, 3.63) is 23.8 Å². The minimum Gasteiger partial charge on any atom is -0.508 e. The van der Waals surface area contributed by atoms with Gasteiger partial charge in [0.05, 0.1) is 0 Å². The van der Waals surface area contributed by atoms with Crippen LogP contribution in [0.2, 0.25) is 0 Å². The summed E-state index contributed by atoms with van der Waals surface area (Å²) >= 11 is 0. The molecule has 0 fully saturated rings. The molecule has 2 amide bonds. The van der Waals surface area contributed by atoms with Gasteiger partial charge in [0.15, 0.2) is 0 Å². The van der Waals surface area contributed by atoms with Crippen molar-refractivity contribution in [2.45, 2.75) is 13.3 Å². The van der Waals surface area contributed by atoms with E-state index in [2.05, 4.69) is 10.6 Å². The Kier molecular flexibility index (Phi) is 4.98. The molecule has 1 aromatic rings. The van der Waals surface area contributed by atoms with Gasteiger partial charge >= 0.3 is 0 Å². The molecular weight excluding hydrogens is 236 g/mol. The van der Waals surface area contributed by atoms with Crippen molar-refractivity contribution >= 4 is 11.8 Å². The number of benzene rings is 1. The molecular formula is C12H16N2O4. The quantitative estimate of drug-likeness (QED) is 0.608. The summed E-state index contributed by atoms with van der Waals surface area (Å²) in [6.45, 7) is 2.56. The van der Waals surface area contributed by atoms with Crippen molar-refractivity contribution in [1.82, 2.24) is 10.6 Å². The minimum atomic E-state index is -0.453. The van der Waals surface area contributed by atoms with E-state index >= 15 is 0 Å². The van der Waals surface area contributed by atoms with Gasteiger partial charge in [-0.3, -0.25) is 9.59 Å². The number of hydrogen-bond acceptors (Lipinski definition) is 4. The van der Waals surface area contributed by atoms with Crippen LogP contribution in [0.1, 0.15) is 23.7 Å². The lowest BCUT2D eigenvalue weighted by Gasteiger charge is -2.06. The second kappa shape index (κ2) is 6.48. The highest BCUT2D eigenvalue weighted by Crippen LogP contribution is 2.20. The number of phenolic OH excluding ortho intramolecular Hbond substituents is 2. The van der Waals surface area contributed by atoms with Gasteiger partial charge in [-0.1, -0.05) is 0 Å². The molecule has 0 saturated carbocycles. The molecule has 0 unspecified atom stereocenters. The van der Waals surface area contributed by atoms with Gasteiger partial charge in [-0.15, -0.1) is 0 Å². The molecule has 0 aromatic heterocycles. The number of amides is 2. The second-order valence-corrected chi connectivity index (χ2v) is 3.70. The van der Waals surface area contributed by atoms with E-state index < -0.39 is 5.91 Å². The van der Waals surface area contributed by atoms with E-state index in [1.807, 2.05) is 6.92 Å². The first-order valence-corrected chi connectivity index (χ1v) is 5.61. The van der Waals surface area contributed by atoms with Gasteiger partial charge in [-0.25, -0.2) is 0 Å². The van der Waals surface area contributed by atoms with Crippen LogP contribution in [0.15, 0.2) is 18.2 Å². The lowest BCUT2D eigenvalue weighted by atomic mass is 10.2. The molecule has 6 heteroatoms. The topological polar surface area (TPSA) is 98.7 Å². The predicted octanol–water partition coefficient (Wildman–Crippen LogP) is 0.354. The first-order chi connectivity index (χ1) is 8.52. The average molecular weight is 252 g/mol. The van der Waals surface area contributed by atoms with Crippen LogP contribution < -0.4 is 10.6 Å². The Morgan fingerprint density at radius 2 is 1.72 bits per heavy atom. The zero-order valence-electron chi connectivity index (χ0n) is 10.1. The Morgan fingerprint density at radius 1 is 1.11 bits per heavy atom. The summed E-state index contributed by atoms with van der Waals surface area (Å²) in [5.41, 5.74) is 0.142. The number of rotatable bonds is 5. The molecule has 1 rings (SSSR count). The molecule has 0 atom stereocenters. The monoisotopic (exact) mass is 252 g/mol. The molecule has 0 aliphatic rings. The van der Waals surface area contributed by atoms with Crippen LogP contribution in [0.5, 0.6) is 11.5 Å². The molecule has 0 aliphatic heterocycles. The Morgan fingerprint density at radius 3 is 2.28 bits per heavy atom. The lowest BCUT2D eigenvalue weighted by molar-refractivity contribution is -0.120. The first-order valence-electron chi connectivity index (χ1n) is 5.61. The van der Waals surface area contributed by atoms with E-state index in [1.165, 1.54) is 12.1 Å². The van der Waals surface area contributed by atoms with Crippen molar-refractivity contribution in [2.24, 2.45) is 0 Å². The van der Waals surface area contributed by atoms with Gasteiger partial charge in [0.1, 0.15) is 11.5 Å². The lowest BCUT2D eigenvalue weighted by Crippen LogP contribution is -2.30. The van der Waals surface area contributed by atoms with Gasteiger partial charge in [-0.2, -0.15) is 0 Å². The maximum absolute atomic E-state index is 11.6. The summed E-state index contributed by atoms with van der Waals surface area (Å²) in [4.78, 5) is 22.8. The molecule has 1 aromatic carbocycles. The van der Waals surface area contributed by atoms with E-state index in [4.69, 9.17) is 0 Å². The third-order valence-electron chi connectivity index (χ3n) is 2.18. The molecule has 0 heterocycles. The van der Waals surface area contributed by atoms with Crippen molar-refractivity contribution in [1.29, 1.82) is 0 Å². The standard InChI is InChI=1S/C12H16N2O4/c1-2-13-11(17)3-4-14-12(18)8-5-9(15)7-10(16)6-8/h5-7,15-16H,2-4H2,1H3,(H,13,17)(H,14,18). The average Bonchev–Trinajstić information content (AvgIpc) is 2.27. The summed E-state index contributed by atoms with van der Waals surface area (Å²) in [6, 6.07) is 3.60. The summed E-state index contributed by atoms with van der Waals surface area (Å²) in [6.07, 6.45) is 0.185. The highest BCUT2D eigenvalue weighted by atomic mass is 16.3. The molecule has 0 bridgehead atoms. The van der Waals surface area contributed by atoms with Gasteiger partial charge in [-0.05, 0) is 19.1 Å². The SMILES string of the molecule is CCNC(=O)CCNC(=O)c1cc(O)cc(O)c1. The smallest absolute Gasteiger partial charge is 0.251 e. The van der Waals surface area contributed by atoms with Crippen LogP contribution in [0.3, 0.4) is 0 Å². The van der Waals surface area contributed by atoms with E-state index in [-0.39, 0.29) is 35.9 Å². The Labute approximate surface area is 105 Å². The molecule has 0 radical (unpaired) electrons. The largest absolute Gasteiger partial charge is 0.508 e. The van der Waals surface area contributed by atoms with E-state index in [9.17, 15) is 19.8 Å². The molecule has 0 saturated heterocycles. The van der Waals surface area contributed by atoms with Crippen LogP contribution in [0.25, 0.3) is 0 Å². The van der Waals surface area contributed by atoms with Crippen molar-refractivity contribution in [3.8, 4) is 11.5 Å². The third-order valence-corrected chi connectivity index (χ3v) is 2.18. The third kappa shape index (κ3) is 4.32. The maximum atomic E-state index is 11.6. The Bertz CT molecular complexity index is 425. The molecule has 18 heavy (non-hydrogen) atoms. The van der Waals surface area contributed by atoms with Crippen LogP contribution in [-0.2, 0) is 4.79 Å². The van der Waals surface area contributed by atoms with Crippen molar-refractivity contribution in [2.75, 3.05) is 13.1 Å². The predicted molar refractivity (Wildman–Crippen MR) is 65.4 cm³/mol. The number of nitrogens with one attached hydrogen (secondary N) is 2. The van der Waals surface area contributed by atoms with Crippen LogP contribution in [0.4, 0.5) is 0 Å². The highest BCUT2D eigenvalue weighted by Gasteiger charge is 2.08. The number of phenols is 2. The molecule has 0 aliphatic carbocycles.